The van der Waals surface area contributed by atoms with Gasteiger partial charge in [0.2, 0.25) is 0 Å². The fourth-order valence-electron chi connectivity index (χ4n) is 2.43. The summed E-state index contributed by atoms with van der Waals surface area (Å²) in [7, 11) is 0. The zero-order chi connectivity index (χ0) is 12.8. The Labute approximate surface area is 108 Å². The van der Waals surface area contributed by atoms with Crippen LogP contribution in [0.1, 0.15) is 64.0 Å². The van der Waals surface area contributed by atoms with Crippen LogP contribution in [-0.4, -0.2) is 19.9 Å². The molecule has 0 saturated heterocycles. The summed E-state index contributed by atoms with van der Waals surface area (Å²) in [6.45, 7) is 4.47. The van der Waals surface area contributed by atoms with E-state index in [0.29, 0.717) is 5.92 Å². The molecule has 2 rings (SSSR count). The van der Waals surface area contributed by atoms with E-state index in [9.17, 15) is 0 Å². The molecule has 0 aliphatic carbocycles. The third kappa shape index (κ3) is 2.86. The molecule has 0 radical (unpaired) electrons. The van der Waals surface area contributed by atoms with Crippen LogP contribution in [-0.2, 0) is 0 Å². The predicted molar refractivity (Wildman–Crippen MR) is 73.5 cm³/mol. The predicted octanol–water partition coefficient (Wildman–Crippen LogP) is 3.82. The molecule has 2 aromatic rings. The summed E-state index contributed by atoms with van der Waals surface area (Å²) in [5, 5.41) is 0. The van der Waals surface area contributed by atoms with Crippen LogP contribution in [0.2, 0.25) is 0 Å². The quantitative estimate of drug-likeness (QED) is 0.756. The summed E-state index contributed by atoms with van der Waals surface area (Å²) >= 11 is 0. The molecule has 0 saturated carbocycles. The number of fused-ring (bicyclic) bond motifs is 1. The van der Waals surface area contributed by atoms with Crippen LogP contribution in [0.5, 0.6) is 0 Å². The lowest BCUT2D eigenvalue weighted by molar-refractivity contribution is 0.535. The van der Waals surface area contributed by atoms with Gasteiger partial charge in [0.1, 0.15) is 11.8 Å². The van der Waals surface area contributed by atoms with Gasteiger partial charge in [-0.15, -0.1) is 0 Å². The lowest BCUT2D eigenvalue weighted by Gasteiger charge is -2.14. The number of imidazole rings is 1. The molecule has 0 spiro atoms. The van der Waals surface area contributed by atoms with Crippen LogP contribution in [0.4, 0.5) is 0 Å². The molecule has 0 amide bonds. The molecule has 0 fully saturated rings. The van der Waals surface area contributed by atoms with Gasteiger partial charge in [-0.2, -0.15) is 0 Å². The van der Waals surface area contributed by atoms with Crippen molar-refractivity contribution in [2.75, 3.05) is 0 Å². The SMILES string of the molecule is CCCCCCC(CC)c1ncnc2[nH]cnc12. The third-order valence-corrected chi connectivity index (χ3v) is 3.53. The van der Waals surface area contributed by atoms with Crippen molar-refractivity contribution in [2.24, 2.45) is 0 Å². The zero-order valence-corrected chi connectivity index (χ0v) is 11.3. The van der Waals surface area contributed by atoms with Gasteiger partial charge in [-0.25, -0.2) is 15.0 Å². The second-order valence-electron chi connectivity index (χ2n) is 4.81. The maximum atomic E-state index is 4.46. The van der Waals surface area contributed by atoms with Crippen molar-refractivity contribution in [1.29, 1.82) is 0 Å². The number of unbranched alkanes of at least 4 members (excludes halogenated alkanes) is 3. The fraction of sp³-hybridized carbons (Fsp3) is 0.643. The molecule has 2 aromatic heterocycles. The van der Waals surface area contributed by atoms with Gasteiger partial charge in [0.15, 0.2) is 5.65 Å². The highest BCUT2D eigenvalue weighted by molar-refractivity contribution is 5.72. The topological polar surface area (TPSA) is 54.5 Å². The van der Waals surface area contributed by atoms with Crippen molar-refractivity contribution in [3.05, 3.63) is 18.3 Å². The fourth-order valence-corrected chi connectivity index (χ4v) is 2.43. The van der Waals surface area contributed by atoms with E-state index in [4.69, 9.17) is 0 Å². The van der Waals surface area contributed by atoms with E-state index in [1.807, 2.05) is 0 Å². The highest BCUT2D eigenvalue weighted by atomic mass is 15.0. The molecular formula is C14H22N4. The molecule has 4 nitrogen and oxygen atoms in total. The minimum Gasteiger partial charge on any atom is -0.329 e. The summed E-state index contributed by atoms with van der Waals surface area (Å²) in [6, 6.07) is 0. The first-order chi connectivity index (χ1) is 8.86. The van der Waals surface area contributed by atoms with Gasteiger partial charge in [0.25, 0.3) is 0 Å². The molecular weight excluding hydrogens is 224 g/mol. The first kappa shape index (κ1) is 13.0. The largest absolute Gasteiger partial charge is 0.329 e. The van der Waals surface area contributed by atoms with Crippen LogP contribution < -0.4 is 0 Å². The molecule has 4 heteroatoms. The van der Waals surface area contributed by atoms with Crippen molar-refractivity contribution < 1.29 is 0 Å². The molecule has 0 aliphatic rings. The van der Waals surface area contributed by atoms with Crippen molar-refractivity contribution in [3.8, 4) is 0 Å². The molecule has 1 N–H and O–H groups in total. The monoisotopic (exact) mass is 246 g/mol. The minimum atomic E-state index is 0.510. The number of nitrogens with zero attached hydrogens (tertiary/aromatic N) is 3. The Hall–Kier alpha value is -1.45. The van der Waals surface area contributed by atoms with Gasteiger partial charge >= 0.3 is 0 Å². The summed E-state index contributed by atoms with van der Waals surface area (Å²) in [5.41, 5.74) is 2.91. The normalized spacial score (nSPS) is 13.0. The van der Waals surface area contributed by atoms with Gasteiger partial charge in [-0.05, 0) is 12.8 Å². The summed E-state index contributed by atoms with van der Waals surface area (Å²) in [5.74, 6) is 0.510. The van der Waals surface area contributed by atoms with E-state index < -0.39 is 0 Å². The van der Waals surface area contributed by atoms with Crippen molar-refractivity contribution in [2.45, 2.75) is 58.3 Å². The van der Waals surface area contributed by atoms with Crippen LogP contribution >= 0.6 is 0 Å². The van der Waals surface area contributed by atoms with E-state index in [1.54, 1.807) is 12.7 Å². The molecule has 0 aromatic carbocycles. The second-order valence-corrected chi connectivity index (χ2v) is 4.81. The van der Waals surface area contributed by atoms with Crippen molar-refractivity contribution >= 4 is 11.2 Å². The van der Waals surface area contributed by atoms with E-state index in [-0.39, 0.29) is 0 Å². The van der Waals surface area contributed by atoms with Crippen LogP contribution in [0.15, 0.2) is 12.7 Å². The third-order valence-electron chi connectivity index (χ3n) is 3.53. The van der Waals surface area contributed by atoms with Crippen molar-refractivity contribution in [3.63, 3.8) is 0 Å². The molecule has 18 heavy (non-hydrogen) atoms. The lowest BCUT2D eigenvalue weighted by atomic mass is 9.94. The van der Waals surface area contributed by atoms with Gasteiger partial charge in [0.05, 0.1) is 12.0 Å². The Morgan fingerprint density at radius 3 is 2.78 bits per heavy atom. The highest BCUT2D eigenvalue weighted by Crippen LogP contribution is 2.27. The standard InChI is InChI=1S/C14H22N4/c1-3-5-6-7-8-11(4-2)12-13-14(17-9-15-12)18-10-16-13/h9-11H,3-8H2,1-2H3,(H,15,16,17,18). The first-order valence-electron chi connectivity index (χ1n) is 7.00. The van der Waals surface area contributed by atoms with Gasteiger partial charge in [0, 0.05) is 5.92 Å². The number of H-pyrrole nitrogens is 1. The molecule has 1 unspecified atom stereocenters. The van der Waals surface area contributed by atoms with Crippen LogP contribution in [0.3, 0.4) is 0 Å². The molecule has 2 heterocycles. The summed E-state index contributed by atoms with van der Waals surface area (Å²) in [6.07, 6.45) is 10.9. The average Bonchev–Trinajstić information content (AvgIpc) is 2.87. The van der Waals surface area contributed by atoms with E-state index >= 15 is 0 Å². The number of hydrogen-bond acceptors (Lipinski definition) is 3. The Morgan fingerprint density at radius 2 is 2.00 bits per heavy atom. The lowest BCUT2D eigenvalue weighted by Crippen LogP contribution is -2.02. The Morgan fingerprint density at radius 1 is 1.11 bits per heavy atom. The molecule has 0 bridgehead atoms. The zero-order valence-electron chi connectivity index (χ0n) is 11.3. The van der Waals surface area contributed by atoms with Crippen LogP contribution in [0, 0.1) is 0 Å². The number of aromatic nitrogens is 4. The first-order valence-corrected chi connectivity index (χ1v) is 7.00. The van der Waals surface area contributed by atoms with Crippen LogP contribution in [0.25, 0.3) is 11.2 Å². The average molecular weight is 246 g/mol. The number of rotatable bonds is 7. The molecule has 1 atom stereocenters. The maximum absolute atomic E-state index is 4.46. The van der Waals surface area contributed by atoms with E-state index in [1.165, 1.54) is 32.1 Å². The van der Waals surface area contributed by atoms with Gasteiger partial charge in [-0.1, -0.05) is 39.5 Å². The Kier molecular flexibility index (Phi) is 4.67. The van der Waals surface area contributed by atoms with Gasteiger partial charge < -0.3 is 4.98 Å². The maximum Gasteiger partial charge on any atom is 0.160 e. The van der Waals surface area contributed by atoms with E-state index in [0.717, 1.165) is 23.3 Å². The summed E-state index contributed by atoms with van der Waals surface area (Å²) < 4.78 is 0. The molecule has 98 valence electrons. The van der Waals surface area contributed by atoms with Gasteiger partial charge in [-0.3, -0.25) is 0 Å². The summed E-state index contributed by atoms with van der Waals surface area (Å²) in [4.78, 5) is 16.1. The number of nitrogens with one attached hydrogen (secondary N) is 1. The minimum absolute atomic E-state index is 0.510. The smallest absolute Gasteiger partial charge is 0.160 e. The van der Waals surface area contributed by atoms with E-state index in [2.05, 4.69) is 33.8 Å². The highest BCUT2D eigenvalue weighted by Gasteiger charge is 2.15. The second kappa shape index (κ2) is 6.47. The number of aromatic amines is 1. The van der Waals surface area contributed by atoms with Crippen molar-refractivity contribution in [1.82, 2.24) is 19.9 Å². The Balaban J connectivity index is 2.09. The number of hydrogen-bond donors (Lipinski definition) is 1. The molecule has 0 aliphatic heterocycles. The Bertz CT molecular complexity index is 477.